The third-order valence-corrected chi connectivity index (χ3v) is 6.31. The van der Waals surface area contributed by atoms with E-state index in [2.05, 4.69) is 5.32 Å². The molecule has 5 nitrogen and oxygen atoms in total. The number of benzene rings is 1. The first-order chi connectivity index (χ1) is 11.7. The SMILES string of the molecule is O=C1NC(c2cccs2)CSCC1N1C(=O)c2ccccc2C1=O. The van der Waals surface area contributed by atoms with E-state index < -0.39 is 6.04 Å². The number of rotatable bonds is 2. The fourth-order valence-corrected chi connectivity index (χ4v) is 5.05. The van der Waals surface area contributed by atoms with Crippen LogP contribution in [0.3, 0.4) is 0 Å². The molecule has 3 amide bonds. The van der Waals surface area contributed by atoms with Gasteiger partial charge in [0.1, 0.15) is 6.04 Å². The Morgan fingerprint density at radius 3 is 2.29 bits per heavy atom. The second-order valence-corrected chi connectivity index (χ2v) is 7.71. The molecule has 1 aromatic heterocycles. The van der Waals surface area contributed by atoms with Gasteiger partial charge in [-0.15, -0.1) is 11.3 Å². The summed E-state index contributed by atoms with van der Waals surface area (Å²) in [5.74, 6) is 0.107. The third kappa shape index (κ3) is 2.44. The fraction of sp³-hybridized carbons (Fsp3) is 0.235. The van der Waals surface area contributed by atoms with Crippen LogP contribution in [0.15, 0.2) is 41.8 Å². The third-order valence-electron chi connectivity index (χ3n) is 4.20. The van der Waals surface area contributed by atoms with E-state index in [1.54, 1.807) is 47.4 Å². The predicted molar refractivity (Wildman–Crippen MR) is 93.3 cm³/mol. The molecule has 122 valence electrons. The van der Waals surface area contributed by atoms with E-state index in [-0.39, 0.29) is 23.8 Å². The summed E-state index contributed by atoms with van der Waals surface area (Å²) in [6, 6.07) is 9.79. The van der Waals surface area contributed by atoms with Gasteiger partial charge in [0, 0.05) is 16.4 Å². The van der Waals surface area contributed by atoms with Gasteiger partial charge >= 0.3 is 0 Å². The van der Waals surface area contributed by atoms with Crippen molar-refractivity contribution in [3.8, 4) is 0 Å². The van der Waals surface area contributed by atoms with Crippen molar-refractivity contribution in [1.82, 2.24) is 10.2 Å². The van der Waals surface area contributed by atoms with Crippen LogP contribution in [0.2, 0.25) is 0 Å². The Balaban J connectivity index is 1.60. The number of carbonyl (C=O) groups is 3. The van der Waals surface area contributed by atoms with Crippen molar-refractivity contribution in [2.24, 2.45) is 0 Å². The highest BCUT2D eigenvalue weighted by Crippen LogP contribution is 2.30. The summed E-state index contributed by atoms with van der Waals surface area (Å²) in [6.45, 7) is 0. The van der Waals surface area contributed by atoms with Crippen LogP contribution in [0, 0.1) is 0 Å². The van der Waals surface area contributed by atoms with E-state index in [9.17, 15) is 14.4 Å². The Kier molecular flexibility index (Phi) is 3.90. The normalized spacial score (nSPS) is 23.8. The molecule has 1 fully saturated rings. The largest absolute Gasteiger partial charge is 0.346 e. The second kappa shape index (κ2) is 6.07. The van der Waals surface area contributed by atoms with Crippen molar-refractivity contribution in [2.75, 3.05) is 11.5 Å². The first kappa shape index (κ1) is 15.4. The molecular weight excluding hydrogens is 344 g/mol. The summed E-state index contributed by atoms with van der Waals surface area (Å²) in [5, 5.41) is 4.95. The molecule has 1 N–H and O–H groups in total. The molecule has 2 unspecified atom stereocenters. The lowest BCUT2D eigenvalue weighted by atomic mass is 10.1. The first-order valence-electron chi connectivity index (χ1n) is 7.55. The molecule has 0 bridgehead atoms. The van der Waals surface area contributed by atoms with Crippen molar-refractivity contribution in [3.05, 3.63) is 57.8 Å². The van der Waals surface area contributed by atoms with Gasteiger partial charge in [-0.25, -0.2) is 0 Å². The number of thioether (sulfide) groups is 1. The lowest BCUT2D eigenvalue weighted by molar-refractivity contribution is -0.124. The number of hydrogen-bond acceptors (Lipinski definition) is 5. The van der Waals surface area contributed by atoms with Crippen molar-refractivity contribution in [3.63, 3.8) is 0 Å². The minimum Gasteiger partial charge on any atom is -0.346 e. The zero-order chi connectivity index (χ0) is 16.7. The topological polar surface area (TPSA) is 66.5 Å². The highest BCUT2D eigenvalue weighted by molar-refractivity contribution is 7.99. The molecule has 3 heterocycles. The zero-order valence-electron chi connectivity index (χ0n) is 12.6. The van der Waals surface area contributed by atoms with Crippen molar-refractivity contribution in [1.29, 1.82) is 0 Å². The van der Waals surface area contributed by atoms with Crippen LogP contribution < -0.4 is 5.32 Å². The van der Waals surface area contributed by atoms with Crippen molar-refractivity contribution in [2.45, 2.75) is 12.1 Å². The zero-order valence-corrected chi connectivity index (χ0v) is 14.2. The Hall–Kier alpha value is -2.12. The average Bonchev–Trinajstić information content (AvgIpc) is 3.15. The van der Waals surface area contributed by atoms with Gasteiger partial charge in [-0.1, -0.05) is 18.2 Å². The number of amides is 3. The molecule has 2 aliphatic rings. The summed E-state index contributed by atoms with van der Waals surface area (Å²) >= 11 is 3.17. The number of hydrogen-bond donors (Lipinski definition) is 1. The minimum absolute atomic E-state index is 0.0808. The molecule has 0 spiro atoms. The van der Waals surface area contributed by atoms with Crippen LogP contribution in [0.25, 0.3) is 0 Å². The van der Waals surface area contributed by atoms with Crippen LogP contribution >= 0.6 is 23.1 Å². The summed E-state index contributed by atoms with van der Waals surface area (Å²) in [4.78, 5) is 40.1. The molecule has 0 radical (unpaired) electrons. The van der Waals surface area contributed by atoms with E-state index in [1.165, 1.54) is 0 Å². The molecular formula is C17H14N2O3S2. The molecule has 1 aromatic carbocycles. The number of thiophene rings is 1. The van der Waals surface area contributed by atoms with Gasteiger partial charge in [0.15, 0.2) is 0 Å². The molecule has 2 atom stereocenters. The highest BCUT2D eigenvalue weighted by Gasteiger charge is 2.43. The summed E-state index contributed by atoms with van der Waals surface area (Å²) in [7, 11) is 0. The number of carbonyl (C=O) groups excluding carboxylic acids is 3. The summed E-state index contributed by atoms with van der Waals surface area (Å²) < 4.78 is 0. The number of imide groups is 1. The second-order valence-electron chi connectivity index (χ2n) is 5.66. The Morgan fingerprint density at radius 2 is 1.67 bits per heavy atom. The van der Waals surface area contributed by atoms with Crippen LogP contribution in [0.5, 0.6) is 0 Å². The van der Waals surface area contributed by atoms with E-state index in [0.29, 0.717) is 16.9 Å². The summed E-state index contributed by atoms with van der Waals surface area (Å²) in [6.07, 6.45) is 0. The van der Waals surface area contributed by atoms with E-state index in [1.807, 2.05) is 17.5 Å². The number of nitrogens with one attached hydrogen (secondary N) is 1. The smallest absolute Gasteiger partial charge is 0.262 e. The monoisotopic (exact) mass is 358 g/mol. The minimum atomic E-state index is -0.771. The van der Waals surface area contributed by atoms with Gasteiger partial charge < -0.3 is 5.32 Å². The fourth-order valence-electron chi connectivity index (χ4n) is 3.01. The lowest BCUT2D eigenvalue weighted by Gasteiger charge is -2.23. The molecule has 1 saturated heterocycles. The van der Waals surface area contributed by atoms with E-state index in [4.69, 9.17) is 0 Å². The van der Waals surface area contributed by atoms with Gasteiger partial charge in [-0.3, -0.25) is 19.3 Å². The summed E-state index contributed by atoms with van der Waals surface area (Å²) in [5.41, 5.74) is 0.749. The predicted octanol–water partition coefficient (Wildman–Crippen LogP) is 2.32. The maximum absolute atomic E-state index is 12.7. The van der Waals surface area contributed by atoms with Gasteiger partial charge in [-0.2, -0.15) is 11.8 Å². The van der Waals surface area contributed by atoms with Crippen molar-refractivity contribution < 1.29 is 14.4 Å². The standard InChI is InChI=1S/C17H14N2O3S2/c20-15-13(9-23-8-12(18-15)14-6-3-7-24-14)19-16(21)10-4-1-2-5-11(10)17(19)22/h1-7,12-13H,8-9H2,(H,18,20). The number of fused-ring (bicyclic) bond motifs is 1. The van der Waals surface area contributed by atoms with Gasteiger partial charge in [-0.05, 0) is 23.6 Å². The van der Waals surface area contributed by atoms with Crippen LogP contribution in [0.4, 0.5) is 0 Å². The molecule has 0 saturated carbocycles. The maximum atomic E-state index is 12.7. The Bertz CT molecular complexity index is 784. The molecule has 4 rings (SSSR count). The van der Waals surface area contributed by atoms with Crippen LogP contribution in [0.1, 0.15) is 31.6 Å². The van der Waals surface area contributed by atoms with E-state index in [0.717, 1.165) is 15.5 Å². The van der Waals surface area contributed by atoms with Crippen LogP contribution in [-0.4, -0.2) is 40.2 Å². The quantitative estimate of drug-likeness (QED) is 0.837. The lowest BCUT2D eigenvalue weighted by Crippen LogP contribution is -2.50. The molecule has 2 aromatic rings. The molecule has 2 aliphatic heterocycles. The van der Waals surface area contributed by atoms with Gasteiger partial charge in [0.2, 0.25) is 5.91 Å². The Labute approximate surface area is 147 Å². The van der Waals surface area contributed by atoms with Gasteiger partial charge in [0.05, 0.1) is 17.2 Å². The van der Waals surface area contributed by atoms with Gasteiger partial charge in [0.25, 0.3) is 11.8 Å². The highest BCUT2D eigenvalue weighted by atomic mass is 32.2. The average molecular weight is 358 g/mol. The first-order valence-corrected chi connectivity index (χ1v) is 9.58. The van der Waals surface area contributed by atoms with Crippen molar-refractivity contribution >= 4 is 40.8 Å². The van der Waals surface area contributed by atoms with E-state index >= 15 is 0 Å². The van der Waals surface area contributed by atoms with Crippen LogP contribution in [-0.2, 0) is 4.79 Å². The maximum Gasteiger partial charge on any atom is 0.262 e. The molecule has 24 heavy (non-hydrogen) atoms. The molecule has 7 heteroatoms. The number of nitrogens with zero attached hydrogens (tertiary/aromatic N) is 1. The Morgan fingerprint density at radius 1 is 0.958 bits per heavy atom. The molecule has 0 aliphatic carbocycles.